The smallest absolute Gasteiger partial charge is 0.186 e. The van der Waals surface area contributed by atoms with Crippen LogP contribution in [-0.4, -0.2) is 11.2 Å². The molecule has 1 nitrogen and oxygen atoms in total. The van der Waals surface area contributed by atoms with Gasteiger partial charge in [0.15, 0.2) is 5.78 Å². The second-order valence-electron chi connectivity index (χ2n) is 2.84. The molecule has 1 atom stereocenters. The van der Waals surface area contributed by atoms with Crippen molar-refractivity contribution in [1.29, 1.82) is 0 Å². The first-order chi connectivity index (χ1) is 6.57. The van der Waals surface area contributed by atoms with Crippen molar-refractivity contribution in [3.63, 3.8) is 0 Å². The van der Waals surface area contributed by atoms with E-state index in [2.05, 4.69) is 0 Å². The molecule has 1 unspecified atom stereocenters. The Kier molecular flexibility index (Phi) is 3.58. The van der Waals surface area contributed by atoms with Gasteiger partial charge in [-0.25, -0.2) is 8.78 Å². The van der Waals surface area contributed by atoms with Crippen LogP contribution in [0.5, 0.6) is 0 Å². The fourth-order valence-electron chi connectivity index (χ4n) is 1.08. The van der Waals surface area contributed by atoms with Gasteiger partial charge in [-0.15, -0.1) is 11.6 Å². The molecule has 0 aromatic heterocycles. The van der Waals surface area contributed by atoms with Gasteiger partial charge in [0.1, 0.15) is 11.6 Å². The van der Waals surface area contributed by atoms with E-state index in [9.17, 15) is 13.6 Å². The molecule has 1 aromatic rings. The second kappa shape index (κ2) is 4.51. The molecule has 0 N–H and O–H groups in total. The van der Waals surface area contributed by atoms with Crippen molar-refractivity contribution in [2.45, 2.75) is 18.7 Å². The molecule has 0 aliphatic rings. The maximum absolute atomic E-state index is 13.1. The average molecular weight is 219 g/mol. The van der Waals surface area contributed by atoms with E-state index in [-0.39, 0.29) is 0 Å². The minimum absolute atomic E-state index is 0.341. The van der Waals surface area contributed by atoms with E-state index in [1.165, 1.54) is 6.07 Å². The van der Waals surface area contributed by atoms with Crippen LogP contribution in [0.15, 0.2) is 18.2 Å². The van der Waals surface area contributed by atoms with E-state index in [0.717, 1.165) is 12.1 Å². The van der Waals surface area contributed by atoms with Crippen molar-refractivity contribution in [2.24, 2.45) is 0 Å². The molecule has 0 amide bonds. The second-order valence-corrected chi connectivity index (χ2v) is 3.36. The highest BCUT2D eigenvalue weighted by molar-refractivity contribution is 6.33. The Hall–Kier alpha value is -0.960. The number of carbonyl (C=O) groups excluding carboxylic acids is 1. The number of carbonyl (C=O) groups is 1. The molecule has 0 saturated heterocycles. The quantitative estimate of drug-likeness (QED) is 0.563. The van der Waals surface area contributed by atoms with Gasteiger partial charge in [0.05, 0.1) is 10.9 Å². The monoisotopic (exact) mass is 218 g/mol. The number of ketones is 1. The molecule has 0 spiro atoms. The van der Waals surface area contributed by atoms with Crippen LogP contribution in [0.1, 0.15) is 23.7 Å². The summed E-state index contributed by atoms with van der Waals surface area (Å²) in [5.74, 6) is -2.44. The average Bonchev–Trinajstić information content (AvgIpc) is 2.16. The number of Topliss-reactive ketones (excluding diaryl/α,β-unsaturated/α-hetero) is 1. The zero-order valence-corrected chi connectivity index (χ0v) is 8.31. The Balaban J connectivity index is 3.12. The summed E-state index contributed by atoms with van der Waals surface area (Å²) in [6, 6.07) is 3.28. The molecule has 0 aliphatic carbocycles. The number of hydrogen-bond acceptors (Lipinski definition) is 1. The molecule has 0 aliphatic heterocycles. The van der Waals surface area contributed by atoms with Gasteiger partial charge >= 0.3 is 0 Å². The minimum atomic E-state index is -0.874. The lowest BCUT2D eigenvalue weighted by Gasteiger charge is -2.07. The summed E-state index contributed by atoms with van der Waals surface area (Å²) >= 11 is 5.61. The van der Waals surface area contributed by atoms with Crippen LogP contribution in [0.4, 0.5) is 8.78 Å². The van der Waals surface area contributed by atoms with Crippen LogP contribution < -0.4 is 0 Å². The maximum Gasteiger partial charge on any atom is 0.186 e. The van der Waals surface area contributed by atoms with Gasteiger partial charge in [0, 0.05) is 0 Å². The Morgan fingerprint density at radius 2 is 1.93 bits per heavy atom. The van der Waals surface area contributed by atoms with Gasteiger partial charge in [-0.1, -0.05) is 13.0 Å². The van der Waals surface area contributed by atoms with Crippen LogP contribution in [0, 0.1) is 11.6 Å². The Morgan fingerprint density at radius 3 is 2.36 bits per heavy atom. The summed E-state index contributed by atoms with van der Waals surface area (Å²) in [6.07, 6.45) is 0.341. The highest BCUT2D eigenvalue weighted by atomic mass is 35.5. The summed E-state index contributed by atoms with van der Waals surface area (Å²) in [5, 5.41) is -0.874. The zero-order valence-electron chi connectivity index (χ0n) is 7.56. The van der Waals surface area contributed by atoms with E-state index in [0.29, 0.717) is 6.42 Å². The molecule has 0 radical (unpaired) electrons. The molecular formula is C10H9ClF2O. The normalized spacial score (nSPS) is 12.6. The largest absolute Gasteiger partial charge is 0.292 e. The fraction of sp³-hybridized carbons (Fsp3) is 0.300. The number of hydrogen-bond donors (Lipinski definition) is 0. The van der Waals surface area contributed by atoms with Crippen LogP contribution in [0.2, 0.25) is 0 Å². The summed E-state index contributed by atoms with van der Waals surface area (Å²) < 4.78 is 26.2. The van der Waals surface area contributed by atoms with Crippen LogP contribution >= 0.6 is 11.6 Å². The Bertz CT molecular complexity index is 332. The third-order valence-corrected chi connectivity index (χ3v) is 2.36. The first-order valence-corrected chi connectivity index (χ1v) is 4.63. The summed E-state index contributed by atoms with van der Waals surface area (Å²) in [4.78, 5) is 11.4. The zero-order chi connectivity index (χ0) is 10.7. The van der Waals surface area contributed by atoms with Gasteiger partial charge in [0.2, 0.25) is 0 Å². The lowest BCUT2D eigenvalue weighted by atomic mass is 10.1. The summed E-state index contributed by atoms with van der Waals surface area (Å²) in [5.41, 5.74) is -0.547. The molecular weight excluding hydrogens is 210 g/mol. The lowest BCUT2D eigenvalue weighted by molar-refractivity contribution is 0.0977. The molecule has 0 fully saturated rings. The number of halogens is 3. The van der Waals surface area contributed by atoms with Gasteiger partial charge in [-0.3, -0.25) is 4.79 Å². The lowest BCUT2D eigenvalue weighted by Crippen LogP contribution is -2.17. The number of rotatable bonds is 3. The first-order valence-electron chi connectivity index (χ1n) is 4.20. The van der Waals surface area contributed by atoms with Gasteiger partial charge in [0.25, 0.3) is 0 Å². The standard InChI is InChI=1S/C10H9ClF2O/c1-2-6(11)10(14)9-7(12)4-3-5-8(9)13/h3-6H,2H2,1H3. The maximum atomic E-state index is 13.1. The highest BCUT2D eigenvalue weighted by Gasteiger charge is 2.22. The molecule has 4 heteroatoms. The highest BCUT2D eigenvalue weighted by Crippen LogP contribution is 2.17. The van der Waals surface area contributed by atoms with Crippen molar-refractivity contribution in [3.05, 3.63) is 35.4 Å². The van der Waals surface area contributed by atoms with Crippen molar-refractivity contribution in [2.75, 3.05) is 0 Å². The van der Waals surface area contributed by atoms with E-state index in [1.807, 2.05) is 0 Å². The molecule has 0 saturated carbocycles. The third-order valence-electron chi connectivity index (χ3n) is 1.85. The van der Waals surface area contributed by atoms with E-state index >= 15 is 0 Å². The fourth-order valence-corrected chi connectivity index (χ4v) is 1.18. The first kappa shape index (κ1) is 11.1. The Morgan fingerprint density at radius 1 is 1.43 bits per heavy atom. The van der Waals surface area contributed by atoms with Crippen LogP contribution in [0.25, 0.3) is 0 Å². The topological polar surface area (TPSA) is 17.1 Å². The molecule has 76 valence electrons. The van der Waals surface area contributed by atoms with Crippen molar-refractivity contribution < 1.29 is 13.6 Å². The van der Waals surface area contributed by atoms with Gasteiger partial charge < -0.3 is 0 Å². The minimum Gasteiger partial charge on any atom is -0.292 e. The van der Waals surface area contributed by atoms with Crippen LogP contribution in [-0.2, 0) is 0 Å². The van der Waals surface area contributed by atoms with E-state index in [1.54, 1.807) is 6.92 Å². The van der Waals surface area contributed by atoms with Crippen molar-refractivity contribution >= 4 is 17.4 Å². The molecule has 1 rings (SSSR count). The molecule has 14 heavy (non-hydrogen) atoms. The summed E-state index contributed by atoms with van der Waals surface area (Å²) in [7, 11) is 0. The van der Waals surface area contributed by atoms with Crippen molar-refractivity contribution in [3.8, 4) is 0 Å². The number of benzene rings is 1. The van der Waals surface area contributed by atoms with Crippen LogP contribution in [0.3, 0.4) is 0 Å². The SMILES string of the molecule is CCC(Cl)C(=O)c1c(F)cccc1F. The predicted octanol–water partition coefficient (Wildman–Crippen LogP) is 3.16. The molecule has 0 heterocycles. The van der Waals surface area contributed by atoms with E-state index < -0.39 is 28.4 Å². The van der Waals surface area contributed by atoms with Gasteiger partial charge in [-0.2, -0.15) is 0 Å². The Labute approximate surface area is 85.7 Å². The number of alkyl halides is 1. The molecule has 1 aromatic carbocycles. The third kappa shape index (κ3) is 2.10. The molecule has 0 bridgehead atoms. The van der Waals surface area contributed by atoms with Gasteiger partial charge in [-0.05, 0) is 18.6 Å². The van der Waals surface area contributed by atoms with Crippen molar-refractivity contribution in [1.82, 2.24) is 0 Å². The van der Waals surface area contributed by atoms with E-state index in [4.69, 9.17) is 11.6 Å². The summed E-state index contributed by atoms with van der Waals surface area (Å²) in [6.45, 7) is 1.67. The predicted molar refractivity (Wildman–Crippen MR) is 50.6 cm³/mol.